The minimum Gasteiger partial charge on any atom is -0.373 e. The van der Waals surface area contributed by atoms with Crippen LogP contribution in [-0.4, -0.2) is 37.1 Å². The maximum Gasteiger partial charge on any atom is 0.247 e. The molecule has 3 N–H and O–H groups in total. The van der Waals surface area contributed by atoms with E-state index in [-0.39, 0.29) is 11.7 Å². The van der Waals surface area contributed by atoms with Gasteiger partial charge in [0.05, 0.1) is 0 Å². The maximum atomic E-state index is 14.0. The second-order valence-electron chi connectivity index (χ2n) is 7.12. The van der Waals surface area contributed by atoms with E-state index in [1.165, 1.54) is 11.6 Å². The normalized spacial score (nSPS) is 22.1. The molecule has 0 aliphatic carbocycles. The van der Waals surface area contributed by atoms with E-state index in [1.54, 1.807) is 6.07 Å². The number of halogens is 1. The Bertz CT molecular complexity index is 823. The van der Waals surface area contributed by atoms with Crippen LogP contribution in [0.5, 0.6) is 0 Å². The van der Waals surface area contributed by atoms with Gasteiger partial charge in [0.25, 0.3) is 0 Å². The smallest absolute Gasteiger partial charge is 0.247 e. The topological polar surface area (TPSA) is 56.4 Å². The molecule has 0 radical (unpaired) electrons. The van der Waals surface area contributed by atoms with Crippen LogP contribution in [0, 0.1) is 12.7 Å². The van der Waals surface area contributed by atoms with Gasteiger partial charge in [0.15, 0.2) is 0 Å². The molecule has 2 unspecified atom stereocenters. The fraction of sp³-hybridized carbons (Fsp3) is 0.350. The predicted molar refractivity (Wildman–Crippen MR) is 101 cm³/mol. The number of amides is 1. The minimum absolute atomic E-state index is 0.143. The Morgan fingerprint density at radius 1 is 1.31 bits per heavy atom. The summed E-state index contributed by atoms with van der Waals surface area (Å²) in [7, 11) is 2.08. The summed E-state index contributed by atoms with van der Waals surface area (Å²) < 4.78 is 14.0. The molecule has 0 aromatic heterocycles. The number of rotatable bonds is 3. The van der Waals surface area contributed by atoms with Crippen molar-refractivity contribution in [2.45, 2.75) is 25.4 Å². The lowest BCUT2D eigenvalue weighted by Gasteiger charge is -2.19. The fourth-order valence-corrected chi connectivity index (χ4v) is 3.80. The summed E-state index contributed by atoms with van der Waals surface area (Å²) in [5.41, 5.74) is 4.23. The van der Waals surface area contributed by atoms with Gasteiger partial charge in [-0.2, -0.15) is 0 Å². The average Bonchev–Trinajstić information content (AvgIpc) is 3.26. The monoisotopic (exact) mass is 354 g/mol. The van der Waals surface area contributed by atoms with Crippen molar-refractivity contribution in [3.05, 3.63) is 58.9 Å². The van der Waals surface area contributed by atoms with Crippen LogP contribution in [0.3, 0.4) is 0 Å². The van der Waals surface area contributed by atoms with Crippen molar-refractivity contribution < 1.29 is 9.18 Å². The Morgan fingerprint density at radius 3 is 2.88 bits per heavy atom. The van der Waals surface area contributed by atoms with Crippen LogP contribution < -0.4 is 16.0 Å². The van der Waals surface area contributed by atoms with Crippen LogP contribution in [0.25, 0.3) is 0 Å². The summed E-state index contributed by atoms with van der Waals surface area (Å²) in [4.78, 5) is 14.9. The van der Waals surface area contributed by atoms with Crippen molar-refractivity contribution in [2.75, 3.05) is 30.9 Å². The third-order valence-electron chi connectivity index (χ3n) is 5.28. The van der Waals surface area contributed by atoms with Crippen molar-refractivity contribution in [3.63, 3.8) is 0 Å². The number of fused-ring (bicyclic) bond motifs is 1. The quantitative estimate of drug-likeness (QED) is 0.793. The Labute approximate surface area is 152 Å². The van der Waals surface area contributed by atoms with Crippen LogP contribution in [0.4, 0.5) is 15.8 Å². The zero-order chi connectivity index (χ0) is 18.3. The number of carbonyl (C=O) groups excluding carboxylic acids is 1. The molecular formula is C20H23FN4O. The summed E-state index contributed by atoms with van der Waals surface area (Å²) in [5, 5.41) is 9.48. The van der Waals surface area contributed by atoms with E-state index in [9.17, 15) is 9.18 Å². The van der Waals surface area contributed by atoms with Gasteiger partial charge >= 0.3 is 0 Å². The van der Waals surface area contributed by atoms with Gasteiger partial charge in [-0.25, -0.2) is 4.39 Å². The third-order valence-corrected chi connectivity index (χ3v) is 5.28. The van der Waals surface area contributed by atoms with Crippen molar-refractivity contribution in [2.24, 2.45) is 0 Å². The molecule has 6 heteroatoms. The Morgan fingerprint density at radius 2 is 2.15 bits per heavy atom. The molecule has 2 aromatic rings. The number of hydrogen-bond acceptors (Lipinski definition) is 4. The van der Waals surface area contributed by atoms with E-state index >= 15 is 0 Å². The van der Waals surface area contributed by atoms with E-state index in [0.29, 0.717) is 18.0 Å². The van der Waals surface area contributed by atoms with Crippen molar-refractivity contribution in [1.82, 2.24) is 10.2 Å². The van der Waals surface area contributed by atoms with Gasteiger partial charge < -0.3 is 16.0 Å². The van der Waals surface area contributed by atoms with Crippen LogP contribution in [0.1, 0.15) is 22.7 Å². The van der Waals surface area contributed by atoms with E-state index < -0.39 is 6.04 Å². The summed E-state index contributed by atoms with van der Waals surface area (Å²) in [6.45, 7) is 3.67. The molecule has 0 spiro atoms. The molecule has 0 saturated carbocycles. The second-order valence-corrected chi connectivity index (χ2v) is 7.12. The molecule has 0 bridgehead atoms. The number of nitrogens with zero attached hydrogens (tertiary/aromatic N) is 1. The number of likely N-dealkylation sites (N-methyl/N-ethyl adjacent to an activating group) is 1. The van der Waals surface area contributed by atoms with Gasteiger partial charge in [0.1, 0.15) is 11.9 Å². The standard InChI is InChI=1S/C20H23FN4O/c1-12-6-7-16(21)15-9-17(24-19(12)15)20(26)23-14-5-3-4-13(8-14)18-10-22-11-25(18)2/h3-8,17-18,22,24H,9-11H2,1-2H3,(H,23,26). The first-order valence-electron chi connectivity index (χ1n) is 8.89. The fourth-order valence-electron chi connectivity index (χ4n) is 3.80. The molecule has 1 amide bonds. The van der Waals surface area contributed by atoms with Gasteiger partial charge in [0, 0.05) is 42.6 Å². The number of carbonyl (C=O) groups is 1. The highest BCUT2D eigenvalue weighted by atomic mass is 19.1. The Hall–Kier alpha value is -2.44. The lowest BCUT2D eigenvalue weighted by molar-refractivity contribution is -0.116. The number of anilines is 2. The number of benzene rings is 2. The molecule has 1 saturated heterocycles. The predicted octanol–water partition coefficient (Wildman–Crippen LogP) is 2.64. The Balaban J connectivity index is 1.48. The first-order chi connectivity index (χ1) is 12.5. The van der Waals surface area contributed by atoms with E-state index in [1.807, 2.05) is 25.1 Å². The largest absolute Gasteiger partial charge is 0.373 e. The molecule has 26 heavy (non-hydrogen) atoms. The zero-order valence-electron chi connectivity index (χ0n) is 15.0. The van der Waals surface area contributed by atoms with Crippen LogP contribution in [0.15, 0.2) is 36.4 Å². The van der Waals surface area contributed by atoms with Crippen molar-refractivity contribution in [1.29, 1.82) is 0 Å². The molecule has 2 heterocycles. The SMILES string of the molecule is Cc1ccc(F)c2c1NC(C(=O)Nc1cccc(C3CNCN3C)c1)C2. The molecular weight excluding hydrogens is 331 g/mol. The summed E-state index contributed by atoms with van der Waals surface area (Å²) in [5.74, 6) is -0.401. The van der Waals surface area contributed by atoms with Gasteiger partial charge in [0.2, 0.25) is 5.91 Å². The summed E-state index contributed by atoms with van der Waals surface area (Å²) in [6, 6.07) is 11.0. The minimum atomic E-state index is -0.458. The molecule has 2 aliphatic rings. The highest BCUT2D eigenvalue weighted by Gasteiger charge is 2.30. The molecule has 2 aliphatic heterocycles. The number of aryl methyl sites for hydroxylation is 1. The van der Waals surface area contributed by atoms with Gasteiger partial charge in [-0.15, -0.1) is 0 Å². The van der Waals surface area contributed by atoms with Crippen LogP contribution >= 0.6 is 0 Å². The van der Waals surface area contributed by atoms with Crippen LogP contribution in [0.2, 0.25) is 0 Å². The second kappa shape index (κ2) is 6.70. The van der Waals surface area contributed by atoms with Gasteiger partial charge in [-0.3, -0.25) is 9.69 Å². The lowest BCUT2D eigenvalue weighted by Crippen LogP contribution is -2.33. The third kappa shape index (κ3) is 3.06. The molecule has 2 aromatic carbocycles. The zero-order valence-corrected chi connectivity index (χ0v) is 15.0. The first-order valence-corrected chi connectivity index (χ1v) is 8.89. The van der Waals surface area contributed by atoms with Crippen molar-refractivity contribution >= 4 is 17.3 Å². The summed E-state index contributed by atoms with van der Waals surface area (Å²) >= 11 is 0. The average molecular weight is 354 g/mol. The highest BCUT2D eigenvalue weighted by molar-refractivity contribution is 5.98. The van der Waals surface area contributed by atoms with E-state index in [2.05, 4.69) is 34.0 Å². The van der Waals surface area contributed by atoms with Gasteiger partial charge in [-0.1, -0.05) is 18.2 Å². The van der Waals surface area contributed by atoms with Crippen molar-refractivity contribution in [3.8, 4) is 0 Å². The van der Waals surface area contributed by atoms with E-state index in [4.69, 9.17) is 0 Å². The maximum absolute atomic E-state index is 14.0. The number of hydrogen-bond donors (Lipinski definition) is 3. The molecule has 5 nitrogen and oxygen atoms in total. The molecule has 2 atom stereocenters. The number of nitrogens with one attached hydrogen (secondary N) is 3. The van der Waals surface area contributed by atoms with E-state index in [0.717, 1.165) is 30.2 Å². The van der Waals surface area contributed by atoms with Crippen LogP contribution in [-0.2, 0) is 11.2 Å². The lowest BCUT2D eigenvalue weighted by atomic mass is 10.1. The highest BCUT2D eigenvalue weighted by Crippen LogP contribution is 2.32. The first kappa shape index (κ1) is 17.0. The molecule has 136 valence electrons. The summed E-state index contributed by atoms with van der Waals surface area (Å²) in [6.07, 6.45) is 0.365. The Kier molecular flexibility index (Phi) is 4.38. The molecule has 1 fully saturated rings. The van der Waals surface area contributed by atoms with Gasteiger partial charge in [-0.05, 0) is 43.3 Å². The molecule has 4 rings (SSSR count).